The second kappa shape index (κ2) is 7.87. The molecule has 0 amide bonds. The highest BCUT2D eigenvalue weighted by atomic mass is 19.1. The van der Waals surface area contributed by atoms with E-state index in [1.807, 2.05) is 37.3 Å². The maximum absolute atomic E-state index is 13.8. The summed E-state index contributed by atoms with van der Waals surface area (Å²) in [5.41, 5.74) is 4.62. The minimum absolute atomic E-state index is 0.163. The molecular formula is C25H19FO4. The van der Waals surface area contributed by atoms with E-state index in [1.165, 1.54) is 12.1 Å². The third kappa shape index (κ3) is 3.96. The van der Waals surface area contributed by atoms with Crippen LogP contribution in [-0.4, -0.2) is 16.2 Å². The molecule has 0 fully saturated rings. The molecule has 0 spiro atoms. The van der Waals surface area contributed by atoms with Crippen LogP contribution in [0.5, 0.6) is 17.2 Å². The topological polar surface area (TPSA) is 66.8 Å². The Labute approximate surface area is 173 Å². The van der Waals surface area contributed by atoms with Gasteiger partial charge in [0, 0.05) is 0 Å². The van der Waals surface area contributed by atoms with Gasteiger partial charge in [0.25, 0.3) is 0 Å². The highest BCUT2D eigenvalue weighted by Gasteiger charge is 2.25. The lowest BCUT2D eigenvalue weighted by Gasteiger charge is -2.08. The Morgan fingerprint density at radius 2 is 1.77 bits per heavy atom. The first-order chi connectivity index (χ1) is 14.4. The van der Waals surface area contributed by atoms with Crippen molar-refractivity contribution in [3.63, 3.8) is 0 Å². The van der Waals surface area contributed by atoms with Crippen molar-refractivity contribution in [3.8, 4) is 17.2 Å². The molecule has 0 heterocycles. The van der Waals surface area contributed by atoms with Crippen LogP contribution in [0, 0.1) is 5.82 Å². The van der Waals surface area contributed by atoms with Crippen LogP contribution in [0.4, 0.5) is 4.39 Å². The monoisotopic (exact) mass is 402 g/mol. The summed E-state index contributed by atoms with van der Waals surface area (Å²) in [4.78, 5) is 11.3. The first-order valence-corrected chi connectivity index (χ1v) is 9.41. The summed E-state index contributed by atoms with van der Waals surface area (Å²) < 4.78 is 19.7. The molecule has 0 radical (unpaired) electrons. The molecule has 0 aromatic heterocycles. The minimum atomic E-state index is -0.954. The zero-order valence-electron chi connectivity index (χ0n) is 16.2. The number of carboxylic acid groups (broad SMARTS) is 1. The van der Waals surface area contributed by atoms with E-state index < -0.39 is 11.8 Å². The molecule has 0 saturated carbocycles. The maximum atomic E-state index is 13.8. The molecule has 4 rings (SSSR count). The maximum Gasteiger partial charge on any atom is 0.307 e. The molecule has 0 atom stereocenters. The van der Waals surface area contributed by atoms with E-state index >= 15 is 0 Å². The second-order valence-electron chi connectivity index (χ2n) is 7.09. The Morgan fingerprint density at radius 3 is 2.50 bits per heavy atom. The van der Waals surface area contributed by atoms with E-state index in [0.29, 0.717) is 22.6 Å². The van der Waals surface area contributed by atoms with Crippen molar-refractivity contribution in [2.45, 2.75) is 13.3 Å². The quantitative estimate of drug-likeness (QED) is 0.539. The van der Waals surface area contributed by atoms with E-state index in [2.05, 4.69) is 0 Å². The summed E-state index contributed by atoms with van der Waals surface area (Å²) >= 11 is 0. The minimum Gasteiger partial charge on any atom is -0.508 e. The summed E-state index contributed by atoms with van der Waals surface area (Å²) in [5.74, 6) is 0.0376. The van der Waals surface area contributed by atoms with Gasteiger partial charge in [-0.1, -0.05) is 18.2 Å². The molecule has 0 bridgehead atoms. The number of aromatic hydroxyl groups is 1. The highest BCUT2D eigenvalue weighted by Crippen LogP contribution is 2.44. The van der Waals surface area contributed by atoms with Gasteiger partial charge in [0.2, 0.25) is 0 Å². The van der Waals surface area contributed by atoms with Crippen molar-refractivity contribution in [1.82, 2.24) is 0 Å². The van der Waals surface area contributed by atoms with Gasteiger partial charge in [-0.2, -0.15) is 0 Å². The molecule has 3 aromatic rings. The summed E-state index contributed by atoms with van der Waals surface area (Å²) in [6.45, 7) is 1.86. The molecule has 1 aliphatic rings. The van der Waals surface area contributed by atoms with Gasteiger partial charge in [0.1, 0.15) is 23.1 Å². The number of rotatable bonds is 5. The molecule has 1 aliphatic carbocycles. The van der Waals surface area contributed by atoms with Gasteiger partial charge >= 0.3 is 5.97 Å². The van der Waals surface area contributed by atoms with Crippen LogP contribution in [0.2, 0.25) is 0 Å². The van der Waals surface area contributed by atoms with Crippen molar-refractivity contribution in [1.29, 1.82) is 0 Å². The van der Waals surface area contributed by atoms with Crippen LogP contribution in [0.3, 0.4) is 0 Å². The number of allylic oxidation sites excluding steroid dienone is 2. The van der Waals surface area contributed by atoms with Gasteiger partial charge in [-0.05, 0) is 94.9 Å². The lowest BCUT2D eigenvalue weighted by Crippen LogP contribution is -1.97. The number of fused-ring (bicyclic) bond motifs is 1. The normalized spacial score (nSPS) is 14.1. The zero-order valence-corrected chi connectivity index (χ0v) is 16.2. The zero-order chi connectivity index (χ0) is 21.3. The lowest BCUT2D eigenvalue weighted by molar-refractivity contribution is -0.135. The van der Waals surface area contributed by atoms with Crippen LogP contribution < -0.4 is 4.74 Å². The first-order valence-electron chi connectivity index (χ1n) is 9.41. The number of phenols is 1. The van der Waals surface area contributed by atoms with Gasteiger partial charge in [-0.15, -0.1) is 0 Å². The van der Waals surface area contributed by atoms with E-state index in [9.17, 15) is 19.4 Å². The number of halogens is 1. The molecule has 3 aromatic carbocycles. The molecular weight excluding hydrogens is 383 g/mol. The van der Waals surface area contributed by atoms with Gasteiger partial charge in [0.15, 0.2) is 0 Å². The number of aliphatic carboxylic acids is 1. The third-order valence-corrected chi connectivity index (χ3v) is 5.02. The summed E-state index contributed by atoms with van der Waals surface area (Å²) in [5, 5.41) is 18.7. The number of hydrogen-bond acceptors (Lipinski definition) is 3. The fraction of sp³-hybridized carbons (Fsp3) is 0.0800. The molecule has 5 heteroatoms. The van der Waals surface area contributed by atoms with Crippen molar-refractivity contribution >= 4 is 23.2 Å². The second-order valence-corrected chi connectivity index (χ2v) is 7.09. The van der Waals surface area contributed by atoms with Crippen LogP contribution in [0.15, 0.2) is 72.3 Å². The van der Waals surface area contributed by atoms with Crippen molar-refractivity contribution in [2.24, 2.45) is 0 Å². The van der Waals surface area contributed by atoms with Crippen LogP contribution in [0.1, 0.15) is 30.0 Å². The Morgan fingerprint density at radius 1 is 1.00 bits per heavy atom. The van der Waals surface area contributed by atoms with Gasteiger partial charge in [-0.3, -0.25) is 4.79 Å². The van der Waals surface area contributed by atoms with Gasteiger partial charge in [0.05, 0.1) is 6.42 Å². The van der Waals surface area contributed by atoms with Crippen LogP contribution in [0.25, 0.3) is 17.2 Å². The fourth-order valence-corrected chi connectivity index (χ4v) is 3.62. The predicted octanol–water partition coefficient (Wildman–Crippen LogP) is 6.13. The number of phenolic OH excluding ortho intramolecular Hbond substituents is 1. The summed E-state index contributed by atoms with van der Waals surface area (Å²) in [7, 11) is 0. The standard InChI is InChI=1S/C25H19FO4/c1-15-22(21-10-5-17(26)13-24(21)23(15)14-25(28)29)12-16-3-2-4-20(11-16)30-19-8-6-18(27)7-9-19/h2-13,27H,14H2,1H3,(H,28,29)/b22-12-. The molecule has 4 nitrogen and oxygen atoms in total. The number of hydrogen-bond donors (Lipinski definition) is 2. The van der Waals surface area contributed by atoms with Crippen LogP contribution in [-0.2, 0) is 4.79 Å². The average molecular weight is 402 g/mol. The van der Waals surface area contributed by atoms with Gasteiger partial charge in [-0.25, -0.2) is 4.39 Å². The van der Waals surface area contributed by atoms with Crippen molar-refractivity contribution < 1.29 is 24.1 Å². The molecule has 150 valence electrons. The molecule has 0 aliphatic heterocycles. The Hall–Kier alpha value is -3.86. The Kier molecular flexibility index (Phi) is 5.11. The fourth-order valence-electron chi connectivity index (χ4n) is 3.62. The molecule has 0 saturated heterocycles. The largest absolute Gasteiger partial charge is 0.508 e. The molecule has 30 heavy (non-hydrogen) atoms. The number of carboxylic acids is 1. The van der Waals surface area contributed by atoms with E-state index in [1.54, 1.807) is 30.3 Å². The molecule has 2 N–H and O–H groups in total. The van der Waals surface area contributed by atoms with Crippen molar-refractivity contribution in [2.75, 3.05) is 0 Å². The predicted molar refractivity (Wildman–Crippen MR) is 114 cm³/mol. The van der Waals surface area contributed by atoms with Crippen molar-refractivity contribution in [3.05, 3.63) is 94.8 Å². The van der Waals surface area contributed by atoms with E-state index in [-0.39, 0.29) is 12.2 Å². The highest BCUT2D eigenvalue weighted by molar-refractivity contribution is 6.07. The first kappa shape index (κ1) is 19.5. The number of carbonyl (C=O) groups is 1. The smallest absolute Gasteiger partial charge is 0.307 e. The number of benzene rings is 3. The molecule has 0 unspecified atom stereocenters. The Balaban J connectivity index is 1.71. The number of ether oxygens (including phenoxy) is 1. The third-order valence-electron chi connectivity index (χ3n) is 5.02. The summed E-state index contributed by atoms with van der Waals surface area (Å²) in [6, 6.07) is 18.4. The van der Waals surface area contributed by atoms with Gasteiger partial charge < -0.3 is 14.9 Å². The van der Waals surface area contributed by atoms with E-state index in [0.717, 1.165) is 22.3 Å². The van der Waals surface area contributed by atoms with Crippen LogP contribution >= 0.6 is 0 Å². The SMILES string of the molecule is CC1=C(CC(=O)O)c2cc(F)ccc2/C1=C\c1cccc(Oc2ccc(O)cc2)c1. The summed E-state index contributed by atoms with van der Waals surface area (Å²) in [6.07, 6.45) is 1.79. The average Bonchev–Trinajstić information content (AvgIpc) is 2.95. The lowest BCUT2D eigenvalue weighted by atomic mass is 10.0. The Bertz CT molecular complexity index is 1190. The van der Waals surface area contributed by atoms with E-state index in [4.69, 9.17) is 4.74 Å².